The van der Waals surface area contributed by atoms with Crippen LogP contribution in [-0.2, 0) is 6.42 Å². The molecule has 3 aromatic rings. The zero-order chi connectivity index (χ0) is 16.8. The van der Waals surface area contributed by atoms with Crippen LogP contribution in [0.2, 0.25) is 0 Å². The Morgan fingerprint density at radius 3 is 2.33 bits per heavy atom. The Labute approximate surface area is 138 Å². The lowest BCUT2D eigenvalue weighted by Crippen LogP contribution is -1.96. The summed E-state index contributed by atoms with van der Waals surface area (Å²) in [5.74, 6) is 0. The predicted octanol–water partition coefficient (Wildman–Crippen LogP) is 4.00. The molecule has 0 amide bonds. The number of rotatable bonds is 2. The van der Waals surface area contributed by atoms with Crippen LogP contribution >= 0.6 is 0 Å². The molecule has 0 spiro atoms. The molecule has 4 rings (SSSR count). The van der Waals surface area contributed by atoms with Gasteiger partial charge in [0.2, 0.25) is 0 Å². The smallest absolute Gasteiger partial charge is 0.269 e. The molecule has 24 heavy (non-hydrogen) atoms. The Morgan fingerprint density at radius 1 is 0.917 bits per heavy atom. The van der Waals surface area contributed by atoms with Gasteiger partial charge in [-0.15, -0.1) is 0 Å². The lowest BCUT2D eigenvalue weighted by molar-refractivity contribution is -0.384. The van der Waals surface area contributed by atoms with Crippen molar-refractivity contribution in [1.29, 1.82) is 0 Å². The number of nitrogen functional groups attached to an aromatic ring is 2. The molecule has 0 fully saturated rings. The van der Waals surface area contributed by atoms with Crippen LogP contribution in [0.15, 0.2) is 54.6 Å². The molecule has 0 radical (unpaired) electrons. The van der Waals surface area contributed by atoms with Crippen LogP contribution in [0.5, 0.6) is 0 Å². The molecule has 0 unspecified atom stereocenters. The van der Waals surface area contributed by atoms with Gasteiger partial charge in [-0.2, -0.15) is 0 Å². The van der Waals surface area contributed by atoms with Gasteiger partial charge in [0, 0.05) is 29.1 Å². The van der Waals surface area contributed by atoms with Crippen molar-refractivity contribution in [3.8, 4) is 22.3 Å². The summed E-state index contributed by atoms with van der Waals surface area (Å²) in [7, 11) is 0. The summed E-state index contributed by atoms with van der Waals surface area (Å²) in [6.07, 6.45) is 0.757. The second-order valence-corrected chi connectivity index (χ2v) is 5.95. The Balaban J connectivity index is 1.88. The normalized spacial score (nSPS) is 11.8. The van der Waals surface area contributed by atoms with E-state index in [0.717, 1.165) is 34.4 Å². The molecule has 0 heterocycles. The van der Waals surface area contributed by atoms with Gasteiger partial charge in [-0.1, -0.05) is 12.1 Å². The average molecular weight is 317 g/mol. The Morgan fingerprint density at radius 2 is 1.62 bits per heavy atom. The number of nitrogens with two attached hydrogens (primary N) is 2. The number of hydrogen-bond acceptors (Lipinski definition) is 4. The third-order valence-electron chi connectivity index (χ3n) is 4.50. The van der Waals surface area contributed by atoms with Crippen LogP contribution in [0.3, 0.4) is 0 Å². The first-order valence-electron chi connectivity index (χ1n) is 7.59. The second kappa shape index (κ2) is 5.09. The fourth-order valence-corrected chi connectivity index (χ4v) is 3.41. The van der Waals surface area contributed by atoms with E-state index in [1.54, 1.807) is 12.1 Å². The third-order valence-corrected chi connectivity index (χ3v) is 4.50. The summed E-state index contributed by atoms with van der Waals surface area (Å²) in [5, 5.41) is 10.9. The van der Waals surface area contributed by atoms with Crippen molar-refractivity contribution in [3.63, 3.8) is 0 Å². The van der Waals surface area contributed by atoms with E-state index in [-0.39, 0.29) is 5.69 Å². The molecule has 3 aromatic carbocycles. The first kappa shape index (κ1) is 14.3. The van der Waals surface area contributed by atoms with Crippen molar-refractivity contribution < 1.29 is 4.92 Å². The van der Waals surface area contributed by atoms with Crippen molar-refractivity contribution in [1.82, 2.24) is 0 Å². The van der Waals surface area contributed by atoms with E-state index < -0.39 is 4.92 Å². The minimum Gasteiger partial charge on any atom is -0.399 e. The third kappa shape index (κ3) is 2.10. The van der Waals surface area contributed by atoms with Crippen LogP contribution in [-0.4, -0.2) is 4.92 Å². The van der Waals surface area contributed by atoms with Gasteiger partial charge in [0.05, 0.1) is 4.92 Å². The van der Waals surface area contributed by atoms with Crippen LogP contribution in [0.1, 0.15) is 11.1 Å². The first-order chi connectivity index (χ1) is 11.5. The summed E-state index contributed by atoms with van der Waals surface area (Å²) < 4.78 is 0. The van der Waals surface area contributed by atoms with Crippen molar-refractivity contribution in [2.24, 2.45) is 0 Å². The lowest BCUT2D eigenvalue weighted by atomic mass is 9.94. The van der Waals surface area contributed by atoms with Gasteiger partial charge < -0.3 is 11.5 Å². The van der Waals surface area contributed by atoms with E-state index >= 15 is 0 Å². The molecule has 5 nitrogen and oxygen atoms in total. The molecule has 1 aliphatic carbocycles. The monoisotopic (exact) mass is 317 g/mol. The van der Waals surface area contributed by atoms with Gasteiger partial charge in [0.25, 0.3) is 5.69 Å². The highest BCUT2D eigenvalue weighted by Crippen LogP contribution is 2.44. The Kier molecular flexibility index (Phi) is 3.03. The molecular weight excluding hydrogens is 302 g/mol. The maximum Gasteiger partial charge on any atom is 0.269 e. The van der Waals surface area contributed by atoms with Gasteiger partial charge in [-0.25, -0.2) is 0 Å². The SMILES string of the molecule is Nc1ccc2c(c1)Cc1c-2ccc(N)c1-c1ccc([N+](=O)[O-])cc1. The highest BCUT2D eigenvalue weighted by molar-refractivity contribution is 5.91. The average Bonchev–Trinajstić information content (AvgIpc) is 2.92. The fraction of sp³-hybridized carbons (Fsp3) is 0.0526. The molecule has 0 aliphatic heterocycles. The highest BCUT2D eigenvalue weighted by atomic mass is 16.6. The van der Waals surface area contributed by atoms with Gasteiger partial charge in [0.1, 0.15) is 0 Å². The van der Waals surface area contributed by atoms with Crippen LogP contribution in [0, 0.1) is 10.1 Å². The fourth-order valence-electron chi connectivity index (χ4n) is 3.41. The highest BCUT2D eigenvalue weighted by Gasteiger charge is 2.23. The van der Waals surface area contributed by atoms with Crippen LogP contribution in [0.4, 0.5) is 17.1 Å². The largest absolute Gasteiger partial charge is 0.399 e. The first-order valence-corrected chi connectivity index (χ1v) is 7.59. The number of benzene rings is 3. The van der Waals surface area contributed by atoms with Crippen LogP contribution < -0.4 is 11.5 Å². The molecule has 1 aliphatic rings. The summed E-state index contributed by atoms with van der Waals surface area (Å²) in [6, 6.07) is 16.4. The topological polar surface area (TPSA) is 95.2 Å². The number of anilines is 2. The minimum atomic E-state index is -0.402. The molecule has 4 N–H and O–H groups in total. The zero-order valence-electron chi connectivity index (χ0n) is 12.8. The van der Waals surface area contributed by atoms with Crippen molar-refractivity contribution >= 4 is 17.1 Å². The van der Waals surface area contributed by atoms with Gasteiger partial charge in [0.15, 0.2) is 0 Å². The number of fused-ring (bicyclic) bond motifs is 3. The van der Waals surface area contributed by atoms with Gasteiger partial charge in [-0.05, 0) is 64.6 Å². The molecule has 0 saturated heterocycles. The molecule has 5 heteroatoms. The van der Waals surface area contributed by atoms with Gasteiger partial charge in [-0.3, -0.25) is 10.1 Å². The Hall–Kier alpha value is -3.34. The van der Waals surface area contributed by atoms with Crippen molar-refractivity contribution in [3.05, 3.63) is 75.8 Å². The maximum atomic E-state index is 10.9. The molecule has 0 atom stereocenters. The van der Waals surface area contributed by atoms with E-state index in [4.69, 9.17) is 11.5 Å². The number of nitro benzene ring substituents is 1. The Bertz CT molecular complexity index is 979. The van der Waals surface area contributed by atoms with Gasteiger partial charge >= 0.3 is 0 Å². The van der Waals surface area contributed by atoms with Crippen molar-refractivity contribution in [2.45, 2.75) is 6.42 Å². The van der Waals surface area contributed by atoms with E-state index in [0.29, 0.717) is 5.69 Å². The molecule has 0 saturated carbocycles. The van der Waals surface area contributed by atoms with E-state index in [1.807, 2.05) is 30.3 Å². The number of non-ortho nitro benzene ring substituents is 1. The summed E-state index contributed by atoms with van der Waals surface area (Å²) in [4.78, 5) is 10.5. The van der Waals surface area contributed by atoms with E-state index in [9.17, 15) is 10.1 Å². The zero-order valence-corrected chi connectivity index (χ0v) is 12.8. The number of hydrogen-bond donors (Lipinski definition) is 2. The maximum absolute atomic E-state index is 10.9. The standard InChI is InChI=1S/C19H15N3O2/c20-13-3-6-15-12(9-13)10-17-16(15)7-8-18(21)19(17)11-1-4-14(5-2-11)22(23)24/h1-9H,10,20-21H2. The second-order valence-electron chi connectivity index (χ2n) is 5.95. The lowest BCUT2D eigenvalue weighted by Gasteiger charge is -2.12. The summed E-state index contributed by atoms with van der Waals surface area (Å²) in [5.41, 5.74) is 20.1. The molecule has 0 aromatic heterocycles. The number of nitro groups is 1. The quantitative estimate of drug-likeness (QED) is 0.332. The van der Waals surface area contributed by atoms with E-state index in [2.05, 4.69) is 0 Å². The van der Waals surface area contributed by atoms with E-state index in [1.165, 1.54) is 23.3 Å². The minimum absolute atomic E-state index is 0.0703. The molecule has 118 valence electrons. The molecule has 0 bridgehead atoms. The number of nitrogens with zero attached hydrogens (tertiary/aromatic N) is 1. The predicted molar refractivity (Wildman–Crippen MR) is 95.6 cm³/mol. The van der Waals surface area contributed by atoms with Crippen molar-refractivity contribution in [2.75, 3.05) is 11.5 Å². The summed E-state index contributed by atoms with van der Waals surface area (Å²) in [6.45, 7) is 0. The summed E-state index contributed by atoms with van der Waals surface area (Å²) >= 11 is 0. The molecular formula is C19H15N3O2. The van der Waals surface area contributed by atoms with Crippen LogP contribution in [0.25, 0.3) is 22.3 Å².